The zero-order valence-electron chi connectivity index (χ0n) is 11.7. The third-order valence-corrected chi connectivity index (χ3v) is 5.26. The molecule has 6 nitrogen and oxygen atoms in total. The van der Waals surface area contributed by atoms with E-state index in [2.05, 4.69) is 0 Å². The molecule has 0 spiro atoms. The van der Waals surface area contributed by atoms with E-state index >= 15 is 0 Å². The van der Waals surface area contributed by atoms with Gasteiger partial charge in [-0.1, -0.05) is 25.1 Å². The fourth-order valence-corrected chi connectivity index (χ4v) is 4.24. The SMILES string of the molecule is CCOC(=O)CCS(=O)(=O)N(CC(N)=S)C1CCCC1. The summed E-state index contributed by atoms with van der Waals surface area (Å²) >= 11 is 4.83. The van der Waals surface area contributed by atoms with Crippen LogP contribution in [0.15, 0.2) is 0 Å². The lowest BCUT2D eigenvalue weighted by atomic mass is 10.2. The van der Waals surface area contributed by atoms with E-state index in [4.69, 9.17) is 22.7 Å². The lowest BCUT2D eigenvalue weighted by Gasteiger charge is -2.27. The molecule has 0 aromatic rings. The predicted octanol–water partition coefficient (Wildman–Crippen LogP) is 0.800. The monoisotopic (exact) mass is 322 g/mol. The fraction of sp³-hybridized carbons (Fsp3) is 0.833. The zero-order valence-corrected chi connectivity index (χ0v) is 13.3. The number of nitrogens with zero attached hydrogens (tertiary/aromatic N) is 1. The van der Waals surface area contributed by atoms with Crippen molar-refractivity contribution in [2.24, 2.45) is 5.73 Å². The number of carbonyl (C=O) groups is 1. The van der Waals surface area contributed by atoms with Gasteiger partial charge < -0.3 is 10.5 Å². The molecule has 0 radical (unpaired) electrons. The molecule has 0 aromatic heterocycles. The van der Waals surface area contributed by atoms with Gasteiger partial charge in [0.2, 0.25) is 10.0 Å². The van der Waals surface area contributed by atoms with E-state index in [-0.39, 0.29) is 36.4 Å². The molecule has 0 bridgehead atoms. The van der Waals surface area contributed by atoms with Crippen LogP contribution in [0, 0.1) is 0 Å². The van der Waals surface area contributed by atoms with Gasteiger partial charge in [0, 0.05) is 6.04 Å². The molecule has 1 aliphatic rings. The number of nitrogens with two attached hydrogens (primary N) is 1. The predicted molar refractivity (Wildman–Crippen MR) is 80.8 cm³/mol. The molecule has 0 amide bonds. The molecule has 1 aliphatic carbocycles. The minimum atomic E-state index is -3.55. The van der Waals surface area contributed by atoms with E-state index < -0.39 is 16.0 Å². The quantitative estimate of drug-likeness (QED) is 0.525. The lowest BCUT2D eigenvalue weighted by molar-refractivity contribution is -0.142. The normalized spacial score (nSPS) is 16.5. The minimum Gasteiger partial charge on any atom is -0.466 e. The van der Waals surface area contributed by atoms with E-state index in [0.29, 0.717) is 0 Å². The number of sulfonamides is 1. The molecule has 20 heavy (non-hydrogen) atoms. The molecule has 0 aliphatic heterocycles. The number of rotatable bonds is 8. The van der Waals surface area contributed by atoms with E-state index in [1.165, 1.54) is 4.31 Å². The maximum atomic E-state index is 12.4. The van der Waals surface area contributed by atoms with Crippen LogP contribution in [-0.2, 0) is 19.6 Å². The summed E-state index contributed by atoms with van der Waals surface area (Å²) in [5.74, 6) is -0.761. The molecule has 0 unspecified atom stereocenters. The summed E-state index contributed by atoms with van der Waals surface area (Å²) in [5.41, 5.74) is 5.49. The van der Waals surface area contributed by atoms with Crippen molar-refractivity contribution in [1.29, 1.82) is 0 Å². The van der Waals surface area contributed by atoms with E-state index in [0.717, 1.165) is 25.7 Å². The van der Waals surface area contributed by atoms with Crippen LogP contribution in [-0.4, -0.2) is 48.6 Å². The Balaban J connectivity index is 2.71. The Bertz CT molecular complexity index is 444. The highest BCUT2D eigenvalue weighted by Crippen LogP contribution is 2.26. The van der Waals surface area contributed by atoms with Gasteiger partial charge in [-0.25, -0.2) is 8.42 Å². The van der Waals surface area contributed by atoms with E-state index in [9.17, 15) is 13.2 Å². The molecule has 116 valence electrons. The summed E-state index contributed by atoms with van der Waals surface area (Å²) in [6.45, 7) is 1.98. The molecule has 8 heteroatoms. The molecule has 0 atom stereocenters. The summed E-state index contributed by atoms with van der Waals surface area (Å²) in [4.78, 5) is 11.4. The van der Waals surface area contributed by atoms with Gasteiger partial charge in [-0.05, 0) is 19.8 Å². The minimum absolute atomic E-state index is 0.0468. The highest BCUT2D eigenvalue weighted by Gasteiger charge is 2.32. The average Bonchev–Trinajstić information content (AvgIpc) is 2.87. The number of esters is 1. The smallest absolute Gasteiger partial charge is 0.306 e. The van der Waals surface area contributed by atoms with Gasteiger partial charge >= 0.3 is 5.97 Å². The van der Waals surface area contributed by atoms with E-state index in [1.807, 2.05) is 0 Å². The zero-order chi connectivity index (χ0) is 15.2. The Morgan fingerprint density at radius 2 is 2.00 bits per heavy atom. The van der Waals surface area contributed by atoms with Crippen LogP contribution in [0.4, 0.5) is 0 Å². The van der Waals surface area contributed by atoms with Crippen molar-refractivity contribution < 1.29 is 17.9 Å². The molecular formula is C12H22N2O4S2. The first-order valence-electron chi connectivity index (χ1n) is 6.80. The number of thiocarbonyl (C=S) groups is 1. The van der Waals surface area contributed by atoms with Crippen molar-refractivity contribution in [2.75, 3.05) is 18.9 Å². The number of carbonyl (C=O) groups excluding carboxylic acids is 1. The molecular weight excluding hydrogens is 300 g/mol. The second-order valence-corrected chi connectivity index (χ2v) is 7.39. The van der Waals surface area contributed by atoms with Crippen molar-refractivity contribution >= 4 is 33.2 Å². The first kappa shape index (κ1) is 17.3. The van der Waals surface area contributed by atoms with Crippen LogP contribution in [0.25, 0.3) is 0 Å². The Labute approximate surface area is 125 Å². The average molecular weight is 322 g/mol. The van der Waals surface area contributed by atoms with Crippen molar-refractivity contribution in [3.63, 3.8) is 0 Å². The van der Waals surface area contributed by atoms with Gasteiger partial charge in [-0.3, -0.25) is 4.79 Å². The van der Waals surface area contributed by atoms with Crippen LogP contribution in [0.3, 0.4) is 0 Å². The highest BCUT2D eigenvalue weighted by atomic mass is 32.2. The van der Waals surface area contributed by atoms with Gasteiger partial charge in [-0.2, -0.15) is 4.31 Å². The summed E-state index contributed by atoms with van der Waals surface area (Å²) in [5, 5.41) is 0. The van der Waals surface area contributed by atoms with Crippen LogP contribution >= 0.6 is 12.2 Å². The van der Waals surface area contributed by atoms with Crippen molar-refractivity contribution in [3.05, 3.63) is 0 Å². The largest absolute Gasteiger partial charge is 0.466 e. The van der Waals surface area contributed by atoms with E-state index in [1.54, 1.807) is 6.92 Å². The standard InChI is InChI=1S/C12H22N2O4S2/c1-2-18-12(15)7-8-20(16,17)14(9-11(13)19)10-5-3-4-6-10/h10H,2-9H2,1H3,(H2,13,19). The number of hydrogen-bond donors (Lipinski definition) is 1. The Hall–Kier alpha value is -0.730. The van der Waals surface area contributed by atoms with Crippen molar-refractivity contribution in [1.82, 2.24) is 4.31 Å². The lowest BCUT2D eigenvalue weighted by Crippen LogP contribution is -2.44. The van der Waals surface area contributed by atoms with Crippen LogP contribution < -0.4 is 5.73 Å². The molecule has 1 rings (SSSR count). The number of hydrogen-bond acceptors (Lipinski definition) is 5. The molecule has 0 heterocycles. The molecule has 0 saturated heterocycles. The van der Waals surface area contributed by atoms with Gasteiger partial charge in [0.1, 0.15) is 0 Å². The third kappa shape index (κ3) is 5.34. The second-order valence-electron chi connectivity index (χ2n) is 4.82. The van der Waals surface area contributed by atoms with Crippen molar-refractivity contribution in [2.45, 2.75) is 45.1 Å². The topological polar surface area (TPSA) is 89.7 Å². The highest BCUT2D eigenvalue weighted by molar-refractivity contribution is 7.89. The Morgan fingerprint density at radius 3 is 2.50 bits per heavy atom. The van der Waals surface area contributed by atoms with Crippen LogP contribution in [0.1, 0.15) is 39.0 Å². The van der Waals surface area contributed by atoms with Crippen LogP contribution in [0.2, 0.25) is 0 Å². The van der Waals surface area contributed by atoms with Crippen LogP contribution in [0.5, 0.6) is 0 Å². The molecule has 1 fully saturated rings. The van der Waals surface area contributed by atoms with Gasteiger partial charge in [0.25, 0.3) is 0 Å². The van der Waals surface area contributed by atoms with Crippen molar-refractivity contribution in [3.8, 4) is 0 Å². The summed E-state index contributed by atoms with van der Waals surface area (Å²) in [6.07, 6.45) is 3.51. The first-order chi connectivity index (χ1) is 9.36. The first-order valence-corrected chi connectivity index (χ1v) is 8.82. The number of ether oxygens (including phenoxy) is 1. The molecule has 1 saturated carbocycles. The molecule has 0 aromatic carbocycles. The maximum absolute atomic E-state index is 12.4. The summed E-state index contributed by atoms with van der Waals surface area (Å²) < 4.78 is 30.8. The maximum Gasteiger partial charge on any atom is 0.306 e. The summed E-state index contributed by atoms with van der Waals surface area (Å²) in [6, 6.07) is -0.0521. The summed E-state index contributed by atoms with van der Waals surface area (Å²) in [7, 11) is -3.55. The third-order valence-electron chi connectivity index (χ3n) is 3.27. The fourth-order valence-electron chi connectivity index (χ4n) is 2.36. The van der Waals surface area contributed by atoms with Gasteiger partial charge in [0.05, 0.1) is 30.3 Å². The van der Waals surface area contributed by atoms with Gasteiger partial charge in [-0.15, -0.1) is 0 Å². The second kappa shape index (κ2) is 7.90. The molecule has 2 N–H and O–H groups in total. The Morgan fingerprint density at radius 1 is 1.40 bits per heavy atom. The van der Waals surface area contributed by atoms with Gasteiger partial charge in [0.15, 0.2) is 0 Å². The Kier molecular flexibility index (Phi) is 6.84.